The molecule has 1 unspecified atom stereocenters. The zero-order chi connectivity index (χ0) is 15.6. The minimum Gasteiger partial charge on any atom is -0.455 e. The van der Waals surface area contributed by atoms with Crippen molar-refractivity contribution in [2.75, 3.05) is 0 Å². The highest BCUT2D eigenvalue weighted by Crippen LogP contribution is 2.37. The molecule has 0 fully saturated rings. The van der Waals surface area contributed by atoms with Crippen LogP contribution >= 0.6 is 11.6 Å². The third-order valence-corrected chi connectivity index (χ3v) is 3.69. The topological polar surface area (TPSA) is 35.2 Å². The molecule has 0 bridgehead atoms. The van der Waals surface area contributed by atoms with Gasteiger partial charge in [-0.1, -0.05) is 56.6 Å². The lowest BCUT2D eigenvalue weighted by atomic mass is 9.86. The van der Waals surface area contributed by atoms with Gasteiger partial charge in [-0.15, -0.1) is 0 Å². The summed E-state index contributed by atoms with van der Waals surface area (Å²) in [6.45, 7) is 8.42. The molecule has 0 aromatic heterocycles. The second kappa shape index (κ2) is 6.08. The van der Waals surface area contributed by atoms with E-state index in [9.17, 15) is 0 Å². The van der Waals surface area contributed by atoms with Gasteiger partial charge in [0.15, 0.2) is 0 Å². The Labute approximate surface area is 131 Å². The standard InChI is InChI=1S/C18H22ClNO/c1-12(20)13-9-10-17(15(19)11-13)21-16-8-6-5-7-14(16)18(2,3)4/h5-12H,20H2,1-4H3. The maximum absolute atomic E-state index is 6.31. The Kier molecular flexibility index (Phi) is 4.60. The molecule has 0 heterocycles. The van der Waals surface area contributed by atoms with Gasteiger partial charge in [0.05, 0.1) is 5.02 Å². The summed E-state index contributed by atoms with van der Waals surface area (Å²) in [6, 6.07) is 13.7. The summed E-state index contributed by atoms with van der Waals surface area (Å²) in [6.07, 6.45) is 0. The third-order valence-electron chi connectivity index (χ3n) is 3.40. The average Bonchev–Trinajstić information content (AvgIpc) is 2.40. The Morgan fingerprint density at radius 2 is 1.71 bits per heavy atom. The van der Waals surface area contributed by atoms with Crippen molar-refractivity contribution >= 4 is 11.6 Å². The average molecular weight is 304 g/mol. The molecule has 0 saturated carbocycles. The molecule has 112 valence electrons. The van der Waals surface area contributed by atoms with Crippen LogP contribution in [0.2, 0.25) is 5.02 Å². The fourth-order valence-corrected chi connectivity index (χ4v) is 2.40. The van der Waals surface area contributed by atoms with Crippen LogP contribution in [0.1, 0.15) is 44.9 Å². The summed E-state index contributed by atoms with van der Waals surface area (Å²) in [5.41, 5.74) is 8.02. The van der Waals surface area contributed by atoms with Crippen LogP contribution in [0.5, 0.6) is 11.5 Å². The first kappa shape index (κ1) is 15.9. The molecule has 1 atom stereocenters. The molecule has 0 saturated heterocycles. The van der Waals surface area contributed by atoms with E-state index in [0.717, 1.165) is 16.9 Å². The Morgan fingerprint density at radius 1 is 1.05 bits per heavy atom. The summed E-state index contributed by atoms with van der Waals surface area (Å²) < 4.78 is 6.03. The van der Waals surface area contributed by atoms with Gasteiger partial charge < -0.3 is 10.5 Å². The van der Waals surface area contributed by atoms with Crippen molar-refractivity contribution in [3.05, 3.63) is 58.6 Å². The van der Waals surface area contributed by atoms with Gasteiger partial charge in [0.1, 0.15) is 11.5 Å². The molecule has 2 N–H and O–H groups in total. The largest absolute Gasteiger partial charge is 0.455 e. The summed E-state index contributed by atoms with van der Waals surface area (Å²) in [5, 5.41) is 0.577. The van der Waals surface area contributed by atoms with E-state index in [1.165, 1.54) is 0 Å². The first-order valence-electron chi connectivity index (χ1n) is 7.11. The highest BCUT2D eigenvalue weighted by atomic mass is 35.5. The van der Waals surface area contributed by atoms with Crippen molar-refractivity contribution in [1.29, 1.82) is 0 Å². The van der Waals surface area contributed by atoms with Crippen LogP contribution in [-0.4, -0.2) is 0 Å². The van der Waals surface area contributed by atoms with Gasteiger partial charge in [-0.05, 0) is 36.1 Å². The third kappa shape index (κ3) is 3.78. The van der Waals surface area contributed by atoms with Crippen LogP contribution in [-0.2, 0) is 5.41 Å². The van der Waals surface area contributed by atoms with E-state index in [1.807, 2.05) is 43.3 Å². The van der Waals surface area contributed by atoms with E-state index in [1.54, 1.807) is 0 Å². The van der Waals surface area contributed by atoms with Crippen LogP contribution < -0.4 is 10.5 Å². The Balaban J connectivity index is 2.35. The van der Waals surface area contributed by atoms with E-state index in [4.69, 9.17) is 22.1 Å². The van der Waals surface area contributed by atoms with Crippen LogP contribution in [0, 0.1) is 0 Å². The van der Waals surface area contributed by atoms with E-state index < -0.39 is 0 Å². The van der Waals surface area contributed by atoms with Crippen molar-refractivity contribution in [2.24, 2.45) is 5.73 Å². The SMILES string of the molecule is CC(N)c1ccc(Oc2ccccc2C(C)(C)C)c(Cl)c1. The Hall–Kier alpha value is -1.51. The monoisotopic (exact) mass is 303 g/mol. The van der Waals surface area contributed by atoms with Gasteiger partial charge >= 0.3 is 0 Å². The second-order valence-corrected chi connectivity index (χ2v) is 6.73. The number of halogens is 1. The van der Waals surface area contributed by atoms with Gasteiger partial charge in [0.2, 0.25) is 0 Å². The van der Waals surface area contributed by atoms with Crippen molar-refractivity contribution in [1.82, 2.24) is 0 Å². The van der Waals surface area contributed by atoms with Gasteiger partial charge in [-0.3, -0.25) is 0 Å². The summed E-state index contributed by atoms with van der Waals surface area (Å²) in [7, 11) is 0. The van der Waals surface area contributed by atoms with Gasteiger partial charge in [-0.25, -0.2) is 0 Å². The van der Waals surface area contributed by atoms with E-state index in [0.29, 0.717) is 10.8 Å². The molecule has 2 rings (SSSR count). The number of hydrogen-bond acceptors (Lipinski definition) is 2. The maximum atomic E-state index is 6.31. The Morgan fingerprint density at radius 3 is 2.29 bits per heavy atom. The van der Waals surface area contributed by atoms with Crippen LogP contribution in [0.25, 0.3) is 0 Å². The van der Waals surface area contributed by atoms with Crippen molar-refractivity contribution < 1.29 is 4.74 Å². The summed E-state index contributed by atoms with van der Waals surface area (Å²) in [5.74, 6) is 1.48. The number of hydrogen-bond donors (Lipinski definition) is 1. The molecule has 3 heteroatoms. The lowest BCUT2D eigenvalue weighted by molar-refractivity contribution is 0.455. The molecule has 0 aliphatic carbocycles. The van der Waals surface area contributed by atoms with Crippen molar-refractivity contribution in [2.45, 2.75) is 39.2 Å². The number of nitrogens with two attached hydrogens (primary N) is 1. The zero-order valence-electron chi connectivity index (χ0n) is 13.0. The minimum atomic E-state index is -0.0431. The summed E-state index contributed by atoms with van der Waals surface area (Å²) >= 11 is 6.31. The molecule has 2 nitrogen and oxygen atoms in total. The predicted octanol–water partition coefficient (Wildman–Crippen LogP) is 5.45. The molecule has 0 aliphatic heterocycles. The molecular formula is C18H22ClNO. The normalized spacial score (nSPS) is 13.0. The lowest BCUT2D eigenvalue weighted by Crippen LogP contribution is -2.12. The molecule has 2 aromatic carbocycles. The highest BCUT2D eigenvalue weighted by molar-refractivity contribution is 6.32. The van der Waals surface area contributed by atoms with Crippen LogP contribution in [0.15, 0.2) is 42.5 Å². The smallest absolute Gasteiger partial charge is 0.146 e. The van der Waals surface area contributed by atoms with Crippen LogP contribution in [0.3, 0.4) is 0 Å². The molecule has 2 aromatic rings. The minimum absolute atomic E-state index is 0.00871. The van der Waals surface area contributed by atoms with Crippen LogP contribution in [0.4, 0.5) is 0 Å². The lowest BCUT2D eigenvalue weighted by Gasteiger charge is -2.23. The first-order chi connectivity index (χ1) is 9.79. The molecule has 0 aliphatic rings. The van der Waals surface area contributed by atoms with Crippen molar-refractivity contribution in [3.63, 3.8) is 0 Å². The highest BCUT2D eigenvalue weighted by Gasteiger charge is 2.19. The van der Waals surface area contributed by atoms with E-state index in [-0.39, 0.29) is 11.5 Å². The number of rotatable bonds is 3. The van der Waals surface area contributed by atoms with E-state index in [2.05, 4.69) is 26.8 Å². The maximum Gasteiger partial charge on any atom is 0.146 e. The Bertz CT molecular complexity index is 629. The molecule has 0 amide bonds. The molecule has 0 spiro atoms. The van der Waals surface area contributed by atoms with Gasteiger partial charge in [0.25, 0.3) is 0 Å². The molecular weight excluding hydrogens is 282 g/mol. The number of benzene rings is 2. The first-order valence-corrected chi connectivity index (χ1v) is 7.49. The van der Waals surface area contributed by atoms with Gasteiger partial charge in [-0.2, -0.15) is 0 Å². The second-order valence-electron chi connectivity index (χ2n) is 6.33. The fourth-order valence-electron chi connectivity index (χ4n) is 2.18. The molecule has 0 radical (unpaired) electrons. The fraction of sp³-hybridized carbons (Fsp3) is 0.333. The van der Waals surface area contributed by atoms with Crippen molar-refractivity contribution in [3.8, 4) is 11.5 Å². The number of ether oxygens (including phenoxy) is 1. The predicted molar refractivity (Wildman–Crippen MR) is 89.3 cm³/mol. The van der Waals surface area contributed by atoms with Gasteiger partial charge in [0, 0.05) is 11.6 Å². The number of para-hydroxylation sites is 1. The quantitative estimate of drug-likeness (QED) is 0.818. The summed E-state index contributed by atoms with van der Waals surface area (Å²) in [4.78, 5) is 0. The molecule has 21 heavy (non-hydrogen) atoms. The van der Waals surface area contributed by atoms with E-state index >= 15 is 0 Å². The zero-order valence-corrected chi connectivity index (χ0v) is 13.7.